The number of rotatable bonds is 0. The standard InChI is InChI=1S/C8H14N2/c1-8-3-6-7(8)10(4-8)5-9(6)2/h6-7H,3-5H2,1-2H3/t6-,7?,8?/m0/s1. The molecule has 3 rings (SSSR count). The maximum absolute atomic E-state index is 2.61. The Bertz CT molecular complexity index is 190. The topological polar surface area (TPSA) is 6.48 Å². The molecule has 1 saturated carbocycles. The largest absolute Gasteiger partial charge is 0.289 e. The summed E-state index contributed by atoms with van der Waals surface area (Å²) in [5, 5.41) is 0. The lowest BCUT2D eigenvalue weighted by atomic mass is 9.57. The van der Waals surface area contributed by atoms with Gasteiger partial charge in [0.1, 0.15) is 0 Å². The normalized spacial score (nSPS) is 59.4. The van der Waals surface area contributed by atoms with Crippen molar-refractivity contribution in [1.29, 1.82) is 0 Å². The second kappa shape index (κ2) is 1.28. The first-order chi connectivity index (χ1) is 4.71. The van der Waals surface area contributed by atoms with Crippen LogP contribution in [0.2, 0.25) is 0 Å². The summed E-state index contributed by atoms with van der Waals surface area (Å²) in [5.41, 5.74) is 0.732. The molecule has 2 heterocycles. The zero-order valence-corrected chi connectivity index (χ0v) is 6.67. The van der Waals surface area contributed by atoms with Crippen LogP contribution in [0.1, 0.15) is 13.3 Å². The summed E-state index contributed by atoms with van der Waals surface area (Å²) in [6, 6.07) is 1.86. The van der Waals surface area contributed by atoms with Gasteiger partial charge in [-0.2, -0.15) is 0 Å². The van der Waals surface area contributed by atoms with Crippen molar-refractivity contribution >= 4 is 0 Å². The molecule has 0 N–H and O–H groups in total. The van der Waals surface area contributed by atoms with Crippen LogP contribution in [0, 0.1) is 5.41 Å². The Labute approximate surface area is 61.8 Å². The molecule has 2 aliphatic heterocycles. The summed E-state index contributed by atoms with van der Waals surface area (Å²) in [4.78, 5) is 5.10. The maximum Gasteiger partial charge on any atom is 0.0510 e. The lowest BCUT2D eigenvalue weighted by molar-refractivity contribution is -0.115. The van der Waals surface area contributed by atoms with Crippen molar-refractivity contribution in [3.63, 3.8) is 0 Å². The smallest absolute Gasteiger partial charge is 0.0510 e. The molecule has 0 aromatic heterocycles. The second-order valence-corrected chi connectivity index (χ2v) is 4.52. The first kappa shape index (κ1) is 5.56. The first-order valence-electron chi connectivity index (χ1n) is 4.15. The molecule has 3 fully saturated rings. The molecule has 2 heteroatoms. The Morgan fingerprint density at radius 2 is 2.30 bits per heavy atom. The van der Waals surface area contributed by atoms with E-state index >= 15 is 0 Å². The van der Waals surface area contributed by atoms with Gasteiger partial charge in [0.2, 0.25) is 0 Å². The molecule has 0 radical (unpaired) electrons. The molecule has 2 saturated heterocycles. The van der Waals surface area contributed by atoms with Crippen LogP contribution in [0.15, 0.2) is 0 Å². The molecule has 1 aliphatic carbocycles. The lowest BCUT2D eigenvalue weighted by Crippen LogP contribution is -2.72. The van der Waals surface area contributed by atoms with Gasteiger partial charge < -0.3 is 0 Å². The van der Waals surface area contributed by atoms with E-state index in [1.54, 1.807) is 0 Å². The zero-order valence-electron chi connectivity index (χ0n) is 6.67. The molecular weight excluding hydrogens is 124 g/mol. The van der Waals surface area contributed by atoms with Crippen LogP contribution in [0.25, 0.3) is 0 Å². The van der Waals surface area contributed by atoms with E-state index in [2.05, 4.69) is 23.8 Å². The average Bonchev–Trinajstić information content (AvgIpc) is 1.92. The number of likely N-dealkylation sites (N-methyl/N-ethyl adjacent to an activating group) is 1. The highest BCUT2D eigenvalue weighted by Crippen LogP contribution is 2.57. The van der Waals surface area contributed by atoms with Crippen molar-refractivity contribution in [1.82, 2.24) is 9.80 Å². The molecule has 0 aromatic rings. The van der Waals surface area contributed by atoms with Crippen molar-refractivity contribution in [2.24, 2.45) is 5.41 Å². The van der Waals surface area contributed by atoms with Crippen LogP contribution in [-0.2, 0) is 0 Å². The number of hydrogen-bond donors (Lipinski definition) is 0. The quantitative estimate of drug-likeness (QED) is 0.476. The summed E-state index contributed by atoms with van der Waals surface area (Å²) in [5.74, 6) is 0. The van der Waals surface area contributed by atoms with Gasteiger partial charge in [-0.15, -0.1) is 0 Å². The highest BCUT2D eigenvalue weighted by atomic mass is 15.5. The van der Waals surface area contributed by atoms with Crippen LogP contribution in [-0.4, -0.2) is 42.1 Å². The zero-order chi connectivity index (χ0) is 6.93. The number of nitrogens with zero attached hydrogens (tertiary/aromatic N) is 2. The summed E-state index contributed by atoms with van der Waals surface area (Å²) in [6.45, 7) is 5.02. The fraction of sp³-hybridized carbons (Fsp3) is 1.00. The van der Waals surface area contributed by atoms with E-state index < -0.39 is 0 Å². The summed E-state index contributed by atoms with van der Waals surface area (Å²) >= 11 is 0. The molecule has 0 spiro atoms. The first-order valence-corrected chi connectivity index (χ1v) is 4.15. The molecule has 0 aromatic carbocycles. The third-order valence-electron chi connectivity index (χ3n) is 3.68. The monoisotopic (exact) mass is 138 g/mol. The molecule has 3 aliphatic rings. The molecule has 10 heavy (non-hydrogen) atoms. The maximum atomic E-state index is 2.61. The van der Waals surface area contributed by atoms with Gasteiger partial charge in [0.25, 0.3) is 0 Å². The summed E-state index contributed by atoms with van der Waals surface area (Å²) in [7, 11) is 2.25. The van der Waals surface area contributed by atoms with Gasteiger partial charge in [-0.05, 0) is 18.9 Å². The Morgan fingerprint density at radius 3 is 2.80 bits per heavy atom. The minimum atomic E-state index is 0.732. The Morgan fingerprint density at radius 1 is 1.50 bits per heavy atom. The van der Waals surface area contributed by atoms with Crippen LogP contribution < -0.4 is 0 Å². The SMILES string of the molecule is CN1CN2CC3(C)C[C@H]1C23. The van der Waals surface area contributed by atoms with E-state index in [1.165, 1.54) is 19.6 Å². The van der Waals surface area contributed by atoms with Gasteiger partial charge in [-0.25, -0.2) is 0 Å². The van der Waals surface area contributed by atoms with Crippen molar-refractivity contribution in [3.8, 4) is 0 Å². The van der Waals surface area contributed by atoms with E-state index in [1.807, 2.05) is 0 Å². The Hall–Kier alpha value is -0.0800. The molecule has 2 unspecified atom stereocenters. The van der Waals surface area contributed by atoms with Crippen molar-refractivity contribution in [3.05, 3.63) is 0 Å². The van der Waals surface area contributed by atoms with Crippen molar-refractivity contribution < 1.29 is 0 Å². The van der Waals surface area contributed by atoms with Gasteiger partial charge in [0, 0.05) is 18.6 Å². The van der Waals surface area contributed by atoms with Crippen LogP contribution in [0.5, 0.6) is 0 Å². The molecule has 0 bridgehead atoms. The average molecular weight is 138 g/mol. The summed E-state index contributed by atoms with van der Waals surface area (Å²) < 4.78 is 0. The lowest BCUT2D eigenvalue weighted by Gasteiger charge is -2.62. The van der Waals surface area contributed by atoms with Gasteiger partial charge in [0.15, 0.2) is 0 Å². The van der Waals surface area contributed by atoms with E-state index in [4.69, 9.17) is 0 Å². The molecule has 3 atom stereocenters. The molecular formula is C8H14N2. The number of hydrogen-bond acceptors (Lipinski definition) is 2. The van der Waals surface area contributed by atoms with E-state index in [0.29, 0.717) is 0 Å². The third-order valence-corrected chi connectivity index (χ3v) is 3.68. The molecule has 0 amide bonds. The van der Waals surface area contributed by atoms with Crippen molar-refractivity contribution in [2.45, 2.75) is 25.4 Å². The fourth-order valence-electron chi connectivity index (χ4n) is 3.23. The van der Waals surface area contributed by atoms with Crippen LogP contribution >= 0.6 is 0 Å². The Kier molecular flexibility index (Phi) is 0.710. The highest BCUT2D eigenvalue weighted by Gasteiger charge is 2.66. The number of piperidine rings is 1. The highest BCUT2D eigenvalue weighted by molar-refractivity contribution is 5.20. The summed E-state index contributed by atoms with van der Waals surface area (Å²) in [6.07, 6.45) is 1.45. The van der Waals surface area contributed by atoms with Gasteiger partial charge >= 0.3 is 0 Å². The van der Waals surface area contributed by atoms with Crippen LogP contribution in [0.3, 0.4) is 0 Å². The van der Waals surface area contributed by atoms with Crippen molar-refractivity contribution in [2.75, 3.05) is 20.3 Å². The Balaban J connectivity index is 1.93. The minimum Gasteiger partial charge on any atom is -0.289 e. The second-order valence-electron chi connectivity index (χ2n) is 4.52. The van der Waals surface area contributed by atoms with Crippen LogP contribution in [0.4, 0.5) is 0 Å². The molecule has 56 valence electrons. The van der Waals surface area contributed by atoms with E-state index in [9.17, 15) is 0 Å². The van der Waals surface area contributed by atoms with Gasteiger partial charge in [0.05, 0.1) is 6.67 Å². The predicted molar refractivity (Wildman–Crippen MR) is 39.6 cm³/mol. The minimum absolute atomic E-state index is 0.732. The fourth-order valence-corrected chi connectivity index (χ4v) is 3.23. The third kappa shape index (κ3) is 0.372. The predicted octanol–water partition coefficient (Wildman–Crippen LogP) is 0.352. The van der Waals surface area contributed by atoms with Gasteiger partial charge in [-0.1, -0.05) is 6.92 Å². The van der Waals surface area contributed by atoms with E-state index in [-0.39, 0.29) is 0 Å². The van der Waals surface area contributed by atoms with Gasteiger partial charge in [-0.3, -0.25) is 9.80 Å². The van der Waals surface area contributed by atoms with E-state index in [0.717, 1.165) is 17.5 Å². The molecule has 2 nitrogen and oxygen atoms in total.